The Morgan fingerprint density at radius 1 is 1.32 bits per heavy atom. The van der Waals surface area contributed by atoms with Crippen LogP contribution in [-0.2, 0) is 10.0 Å². The van der Waals surface area contributed by atoms with E-state index in [1.54, 1.807) is 26.0 Å². The van der Waals surface area contributed by atoms with E-state index in [1.807, 2.05) is 13.8 Å². The highest BCUT2D eigenvalue weighted by molar-refractivity contribution is 7.92. The van der Waals surface area contributed by atoms with E-state index >= 15 is 0 Å². The zero-order chi connectivity index (χ0) is 16.5. The Bertz CT molecular complexity index is 765. The fourth-order valence-corrected chi connectivity index (χ4v) is 3.70. The fourth-order valence-electron chi connectivity index (χ4n) is 2.06. The number of sulfonamides is 1. The van der Waals surface area contributed by atoms with Crippen LogP contribution in [0.15, 0.2) is 23.1 Å². The smallest absolute Gasteiger partial charge is 0.265 e. The molecule has 0 unspecified atom stereocenters. The number of hydrogen-bond donors (Lipinski definition) is 2. The zero-order valence-electron chi connectivity index (χ0n) is 12.8. The van der Waals surface area contributed by atoms with Gasteiger partial charge in [0.25, 0.3) is 10.0 Å². The van der Waals surface area contributed by atoms with Gasteiger partial charge in [-0.15, -0.1) is 0 Å². The van der Waals surface area contributed by atoms with E-state index in [0.29, 0.717) is 27.8 Å². The summed E-state index contributed by atoms with van der Waals surface area (Å²) in [5.41, 5.74) is 1.26. The SMILES string of the molecule is Cc1n[nH]c(C)c1S(=O)(=O)Nc1ccc(OC(C)C)c(Cl)c1. The number of benzene rings is 1. The third-order valence-corrected chi connectivity index (χ3v) is 4.81. The van der Waals surface area contributed by atoms with Crippen molar-refractivity contribution < 1.29 is 13.2 Å². The van der Waals surface area contributed by atoms with E-state index in [0.717, 1.165) is 0 Å². The molecule has 1 aromatic carbocycles. The molecule has 0 saturated heterocycles. The molecule has 0 bridgehead atoms. The standard InChI is InChI=1S/C14H18ClN3O3S/c1-8(2)21-13-6-5-11(7-12(13)15)18-22(19,20)14-9(3)16-17-10(14)4/h5-8,18H,1-4H3,(H,16,17). The van der Waals surface area contributed by atoms with Crippen LogP contribution in [0.4, 0.5) is 5.69 Å². The molecule has 1 heterocycles. The first-order chi connectivity index (χ1) is 10.2. The lowest BCUT2D eigenvalue weighted by Crippen LogP contribution is -2.14. The molecule has 2 N–H and O–H groups in total. The predicted octanol–water partition coefficient (Wildman–Crippen LogP) is 3.27. The highest BCUT2D eigenvalue weighted by Gasteiger charge is 2.22. The van der Waals surface area contributed by atoms with E-state index in [9.17, 15) is 8.42 Å². The Labute approximate surface area is 134 Å². The van der Waals surface area contributed by atoms with Crippen LogP contribution in [-0.4, -0.2) is 24.7 Å². The Hall–Kier alpha value is -1.73. The Balaban J connectivity index is 2.29. The summed E-state index contributed by atoms with van der Waals surface area (Å²) >= 11 is 6.11. The van der Waals surface area contributed by atoms with Crippen molar-refractivity contribution in [2.24, 2.45) is 0 Å². The number of nitrogens with zero attached hydrogens (tertiary/aromatic N) is 1. The maximum atomic E-state index is 12.4. The van der Waals surface area contributed by atoms with E-state index in [-0.39, 0.29) is 11.0 Å². The normalized spacial score (nSPS) is 11.7. The molecular formula is C14H18ClN3O3S. The summed E-state index contributed by atoms with van der Waals surface area (Å²) in [4.78, 5) is 0.145. The zero-order valence-corrected chi connectivity index (χ0v) is 14.3. The third-order valence-electron chi connectivity index (χ3n) is 2.88. The van der Waals surface area contributed by atoms with Crippen molar-refractivity contribution in [2.45, 2.75) is 38.7 Å². The van der Waals surface area contributed by atoms with Gasteiger partial charge >= 0.3 is 0 Å². The van der Waals surface area contributed by atoms with Gasteiger partial charge in [0.15, 0.2) is 0 Å². The second kappa shape index (κ2) is 6.18. The third kappa shape index (κ3) is 3.53. The molecule has 0 amide bonds. The Kier molecular flexibility index (Phi) is 4.67. The minimum atomic E-state index is -3.73. The minimum absolute atomic E-state index is 0.0173. The van der Waals surface area contributed by atoms with Crippen LogP contribution < -0.4 is 9.46 Å². The van der Waals surface area contributed by atoms with Crippen LogP contribution in [0.2, 0.25) is 5.02 Å². The lowest BCUT2D eigenvalue weighted by molar-refractivity contribution is 0.242. The number of aryl methyl sites for hydroxylation is 2. The average Bonchev–Trinajstić information content (AvgIpc) is 2.72. The van der Waals surface area contributed by atoms with Gasteiger partial charge in [-0.2, -0.15) is 5.10 Å². The molecule has 6 nitrogen and oxygen atoms in total. The molecule has 0 aliphatic heterocycles. The lowest BCUT2D eigenvalue weighted by Gasteiger charge is -2.13. The highest BCUT2D eigenvalue weighted by atomic mass is 35.5. The number of H-pyrrole nitrogens is 1. The molecule has 0 fully saturated rings. The van der Waals surface area contributed by atoms with Crippen LogP contribution in [0.3, 0.4) is 0 Å². The number of halogens is 1. The van der Waals surface area contributed by atoms with Gasteiger partial charge in [-0.25, -0.2) is 8.42 Å². The molecule has 1 aromatic heterocycles. The lowest BCUT2D eigenvalue weighted by atomic mass is 10.3. The van der Waals surface area contributed by atoms with E-state index in [2.05, 4.69) is 14.9 Å². The van der Waals surface area contributed by atoms with Crippen LogP contribution in [0.25, 0.3) is 0 Å². The van der Waals surface area contributed by atoms with Crippen molar-refractivity contribution in [3.8, 4) is 5.75 Å². The summed E-state index contributed by atoms with van der Waals surface area (Å²) in [5.74, 6) is 0.510. The molecule has 2 aromatic rings. The second-order valence-electron chi connectivity index (χ2n) is 5.18. The average molecular weight is 344 g/mol. The number of aromatic amines is 1. The number of hydrogen-bond acceptors (Lipinski definition) is 4. The molecule has 0 aliphatic rings. The molecule has 2 rings (SSSR count). The number of aromatic nitrogens is 2. The Morgan fingerprint density at radius 3 is 2.50 bits per heavy atom. The van der Waals surface area contributed by atoms with Crippen molar-refractivity contribution >= 4 is 27.3 Å². The van der Waals surface area contributed by atoms with Crippen LogP contribution in [0, 0.1) is 13.8 Å². The van der Waals surface area contributed by atoms with E-state index < -0.39 is 10.0 Å². The Morgan fingerprint density at radius 2 is 2.00 bits per heavy atom. The van der Waals surface area contributed by atoms with Gasteiger partial charge in [-0.1, -0.05) is 11.6 Å². The number of ether oxygens (including phenoxy) is 1. The topological polar surface area (TPSA) is 84.1 Å². The largest absolute Gasteiger partial charge is 0.489 e. The second-order valence-corrected chi connectivity index (χ2v) is 7.21. The summed E-state index contributed by atoms with van der Waals surface area (Å²) in [6.45, 7) is 7.06. The van der Waals surface area contributed by atoms with Crippen molar-refractivity contribution in [1.29, 1.82) is 0 Å². The van der Waals surface area contributed by atoms with Gasteiger partial charge in [0, 0.05) is 0 Å². The molecule has 0 saturated carbocycles. The molecule has 0 spiro atoms. The van der Waals surface area contributed by atoms with Crippen LogP contribution in [0.5, 0.6) is 5.75 Å². The highest BCUT2D eigenvalue weighted by Crippen LogP contribution is 2.30. The molecule has 8 heteroatoms. The minimum Gasteiger partial charge on any atom is -0.489 e. The van der Waals surface area contributed by atoms with Crippen molar-refractivity contribution in [3.05, 3.63) is 34.6 Å². The monoisotopic (exact) mass is 343 g/mol. The maximum absolute atomic E-state index is 12.4. The summed E-state index contributed by atoms with van der Waals surface area (Å²) in [7, 11) is -3.73. The summed E-state index contributed by atoms with van der Waals surface area (Å²) in [6.07, 6.45) is -0.0173. The van der Waals surface area contributed by atoms with E-state index in [1.165, 1.54) is 6.07 Å². The maximum Gasteiger partial charge on any atom is 0.265 e. The van der Waals surface area contributed by atoms with Gasteiger partial charge in [0.1, 0.15) is 10.6 Å². The molecular weight excluding hydrogens is 326 g/mol. The van der Waals surface area contributed by atoms with E-state index in [4.69, 9.17) is 16.3 Å². The molecule has 22 heavy (non-hydrogen) atoms. The van der Waals surface area contributed by atoms with Crippen LogP contribution >= 0.6 is 11.6 Å². The van der Waals surface area contributed by atoms with Gasteiger partial charge in [0.05, 0.1) is 28.2 Å². The van der Waals surface area contributed by atoms with Crippen molar-refractivity contribution in [1.82, 2.24) is 10.2 Å². The molecule has 0 radical (unpaired) electrons. The van der Waals surface area contributed by atoms with Gasteiger partial charge in [-0.3, -0.25) is 9.82 Å². The molecule has 0 aliphatic carbocycles. The molecule has 120 valence electrons. The number of nitrogens with one attached hydrogen (secondary N) is 2. The number of rotatable bonds is 5. The predicted molar refractivity (Wildman–Crippen MR) is 86.1 cm³/mol. The molecule has 0 atom stereocenters. The first kappa shape index (κ1) is 16.6. The van der Waals surface area contributed by atoms with Crippen molar-refractivity contribution in [3.63, 3.8) is 0 Å². The van der Waals surface area contributed by atoms with Gasteiger partial charge in [0.2, 0.25) is 0 Å². The van der Waals surface area contributed by atoms with Crippen molar-refractivity contribution in [2.75, 3.05) is 4.72 Å². The fraction of sp³-hybridized carbons (Fsp3) is 0.357. The van der Waals surface area contributed by atoms with Crippen LogP contribution in [0.1, 0.15) is 25.2 Å². The summed E-state index contributed by atoms with van der Waals surface area (Å²) in [6, 6.07) is 4.75. The summed E-state index contributed by atoms with van der Waals surface area (Å²) < 4.78 is 32.9. The quantitative estimate of drug-likeness (QED) is 0.872. The van der Waals surface area contributed by atoms with Gasteiger partial charge < -0.3 is 4.74 Å². The number of anilines is 1. The first-order valence-electron chi connectivity index (χ1n) is 6.71. The summed E-state index contributed by atoms with van der Waals surface area (Å²) in [5, 5.41) is 6.90. The van der Waals surface area contributed by atoms with Gasteiger partial charge in [-0.05, 0) is 45.9 Å². The first-order valence-corrected chi connectivity index (χ1v) is 8.57.